The zero-order valence-corrected chi connectivity index (χ0v) is 8.79. The second kappa shape index (κ2) is 4.84. The maximum absolute atomic E-state index is 10.3. The molecule has 78 valence electrons. The molecule has 0 saturated carbocycles. The van der Waals surface area contributed by atoms with Crippen LogP contribution in [0.15, 0.2) is 12.1 Å². The van der Waals surface area contributed by atoms with Crippen molar-refractivity contribution >= 4 is 5.97 Å². The van der Waals surface area contributed by atoms with E-state index in [4.69, 9.17) is 5.11 Å². The number of carbonyl (C=O) groups is 1. The minimum absolute atomic E-state index is 0.277. The fraction of sp³-hybridized carbons (Fsp3) is 0.545. The largest absolute Gasteiger partial charge is 0.481 e. The maximum Gasteiger partial charge on any atom is 0.303 e. The van der Waals surface area contributed by atoms with Gasteiger partial charge in [-0.3, -0.25) is 4.79 Å². The zero-order valence-electron chi connectivity index (χ0n) is 8.79. The van der Waals surface area contributed by atoms with Crippen molar-refractivity contribution in [2.45, 2.75) is 39.7 Å². The van der Waals surface area contributed by atoms with E-state index in [1.54, 1.807) is 0 Å². The van der Waals surface area contributed by atoms with Gasteiger partial charge >= 0.3 is 5.97 Å². The molecular formula is C11H17NO2. The van der Waals surface area contributed by atoms with Gasteiger partial charge in [-0.2, -0.15) is 0 Å². The SMILES string of the molecule is Cc1ccc(C)n1CCCCC(=O)O. The standard InChI is InChI=1S/C11H17NO2/c1-9-6-7-10(2)12(9)8-4-3-5-11(13)14/h6-7H,3-5,8H2,1-2H3,(H,13,14). The highest BCUT2D eigenvalue weighted by Crippen LogP contribution is 2.09. The number of carboxylic acids is 1. The summed E-state index contributed by atoms with van der Waals surface area (Å²) < 4.78 is 2.22. The second-order valence-electron chi connectivity index (χ2n) is 3.62. The monoisotopic (exact) mass is 195 g/mol. The first-order valence-electron chi connectivity index (χ1n) is 4.96. The molecular weight excluding hydrogens is 178 g/mol. The van der Waals surface area contributed by atoms with E-state index in [2.05, 4.69) is 30.5 Å². The Morgan fingerprint density at radius 3 is 2.36 bits per heavy atom. The fourth-order valence-corrected chi connectivity index (χ4v) is 1.60. The van der Waals surface area contributed by atoms with E-state index in [1.165, 1.54) is 11.4 Å². The second-order valence-corrected chi connectivity index (χ2v) is 3.62. The molecule has 0 fully saturated rings. The highest BCUT2D eigenvalue weighted by molar-refractivity contribution is 5.66. The highest BCUT2D eigenvalue weighted by atomic mass is 16.4. The molecule has 0 aliphatic carbocycles. The molecule has 1 rings (SSSR count). The quantitative estimate of drug-likeness (QED) is 0.733. The van der Waals surface area contributed by atoms with E-state index in [0.29, 0.717) is 0 Å². The number of hydrogen-bond acceptors (Lipinski definition) is 1. The normalized spacial score (nSPS) is 10.4. The van der Waals surface area contributed by atoms with Gasteiger partial charge < -0.3 is 9.67 Å². The molecule has 0 atom stereocenters. The van der Waals surface area contributed by atoms with Gasteiger partial charge in [0.15, 0.2) is 0 Å². The van der Waals surface area contributed by atoms with Gasteiger partial charge in [0.1, 0.15) is 0 Å². The summed E-state index contributed by atoms with van der Waals surface area (Å²) in [5, 5.41) is 8.47. The van der Waals surface area contributed by atoms with Gasteiger partial charge in [0, 0.05) is 24.4 Å². The van der Waals surface area contributed by atoms with E-state index in [9.17, 15) is 4.79 Å². The van der Waals surface area contributed by atoms with Gasteiger partial charge in [-0.05, 0) is 38.8 Å². The van der Waals surface area contributed by atoms with Crippen LogP contribution in [0.3, 0.4) is 0 Å². The van der Waals surface area contributed by atoms with Crippen molar-refractivity contribution in [3.8, 4) is 0 Å². The maximum atomic E-state index is 10.3. The lowest BCUT2D eigenvalue weighted by atomic mass is 10.2. The Balaban J connectivity index is 2.34. The van der Waals surface area contributed by atoms with Crippen LogP contribution < -0.4 is 0 Å². The molecule has 14 heavy (non-hydrogen) atoms. The number of unbranched alkanes of at least 4 members (excludes halogenated alkanes) is 1. The van der Waals surface area contributed by atoms with E-state index >= 15 is 0 Å². The molecule has 0 amide bonds. The first kappa shape index (κ1) is 10.8. The van der Waals surface area contributed by atoms with Crippen molar-refractivity contribution < 1.29 is 9.90 Å². The van der Waals surface area contributed by atoms with Crippen LogP contribution in [0.4, 0.5) is 0 Å². The predicted molar refractivity (Wildman–Crippen MR) is 55.4 cm³/mol. The first-order valence-corrected chi connectivity index (χ1v) is 4.96. The van der Waals surface area contributed by atoms with Gasteiger partial charge in [-0.25, -0.2) is 0 Å². The topological polar surface area (TPSA) is 42.2 Å². The third kappa shape index (κ3) is 2.91. The van der Waals surface area contributed by atoms with Crippen LogP contribution in [0, 0.1) is 13.8 Å². The number of nitrogens with zero attached hydrogens (tertiary/aromatic N) is 1. The third-order valence-electron chi connectivity index (χ3n) is 2.44. The average Bonchev–Trinajstić information content (AvgIpc) is 2.42. The summed E-state index contributed by atoms with van der Waals surface area (Å²) in [4.78, 5) is 10.3. The molecule has 0 aliphatic heterocycles. The molecule has 0 spiro atoms. The Hall–Kier alpha value is -1.25. The van der Waals surface area contributed by atoms with Crippen molar-refractivity contribution in [3.05, 3.63) is 23.5 Å². The minimum atomic E-state index is -0.703. The number of aliphatic carboxylic acids is 1. The van der Waals surface area contributed by atoms with Gasteiger partial charge in [-0.15, -0.1) is 0 Å². The summed E-state index contributed by atoms with van der Waals surface area (Å²) in [6.45, 7) is 5.08. The molecule has 0 aromatic carbocycles. The average molecular weight is 195 g/mol. The van der Waals surface area contributed by atoms with E-state index < -0.39 is 5.97 Å². The molecule has 0 saturated heterocycles. The van der Waals surface area contributed by atoms with Crippen LogP contribution in [0.2, 0.25) is 0 Å². The lowest BCUT2D eigenvalue weighted by Crippen LogP contribution is -2.03. The Morgan fingerprint density at radius 1 is 1.29 bits per heavy atom. The molecule has 0 radical (unpaired) electrons. The summed E-state index contributed by atoms with van der Waals surface area (Å²) in [7, 11) is 0. The molecule has 0 bridgehead atoms. The highest BCUT2D eigenvalue weighted by Gasteiger charge is 2.01. The Bertz CT molecular complexity index is 296. The summed E-state index contributed by atoms with van der Waals surface area (Å²) >= 11 is 0. The summed E-state index contributed by atoms with van der Waals surface area (Å²) in [6, 6.07) is 4.18. The van der Waals surface area contributed by atoms with E-state index in [1.807, 2.05) is 0 Å². The van der Waals surface area contributed by atoms with Gasteiger partial charge in [0.25, 0.3) is 0 Å². The van der Waals surface area contributed by atoms with Crippen LogP contribution >= 0.6 is 0 Å². The number of aromatic nitrogens is 1. The van der Waals surface area contributed by atoms with Crippen LogP contribution in [0.1, 0.15) is 30.7 Å². The van der Waals surface area contributed by atoms with Gasteiger partial charge in [0.2, 0.25) is 0 Å². The first-order chi connectivity index (χ1) is 6.61. The van der Waals surface area contributed by atoms with Crippen molar-refractivity contribution in [2.24, 2.45) is 0 Å². The molecule has 3 heteroatoms. The molecule has 1 aromatic heterocycles. The number of hydrogen-bond donors (Lipinski definition) is 1. The van der Waals surface area contributed by atoms with E-state index in [0.717, 1.165) is 19.4 Å². The van der Waals surface area contributed by atoms with Crippen LogP contribution in [-0.2, 0) is 11.3 Å². The van der Waals surface area contributed by atoms with Crippen molar-refractivity contribution in [1.29, 1.82) is 0 Å². The Morgan fingerprint density at radius 2 is 1.86 bits per heavy atom. The van der Waals surface area contributed by atoms with Crippen LogP contribution in [0.25, 0.3) is 0 Å². The zero-order chi connectivity index (χ0) is 10.6. The molecule has 3 nitrogen and oxygen atoms in total. The molecule has 1 aromatic rings. The predicted octanol–water partition coefficient (Wildman–Crippen LogP) is 2.36. The van der Waals surface area contributed by atoms with Crippen LogP contribution in [0.5, 0.6) is 0 Å². The fourth-order valence-electron chi connectivity index (χ4n) is 1.60. The van der Waals surface area contributed by atoms with Crippen molar-refractivity contribution in [1.82, 2.24) is 4.57 Å². The number of rotatable bonds is 5. The summed E-state index contributed by atoms with van der Waals surface area (Å²) in [5.74, 6) is -0.703. The number of carboxylic acid groups (broad SMARTS) is 1. The summed E-state index contributed by atoms with van der Waals surface area (Å²) in [6.07, 6.45) is 1.97. The lowest BCUT2D eigenvalue weighted by molar-refractivity contribution is -0.137. The third-order valence-corrected chi connectivity index (χ3v) is 2.44. The minimum Gasteiger partial charge on any atom is -0.481 e. The van der Waals surface area contributed by atoms with Crippen molar-refractivity contribution in [3.63, 3.8) is 0 Å². The van der Waals surface area contributed by atoms with Gasteiger partial charge in [0.05, 0.1) is 0 Å². The Kier molecular flexibility index (Phi) is 3.74. The smallest absolute Gasteiger partial charge is 0.303 e. The van der Waals surface area contributed by atoms with Crippen LogP contribution in [-0.4, -0.2) is 15.6 Å². The Labute approximate surface area is 84.4 Å². The summed E-state index contributed by atoms with van der Waals surface area (Å²) in [5.41, 5.74) is 2.50. The van der Waals surface area contributed by atoms with Crippen molar-refractivity contribution in [2.75, 3.05) is 0 Å². The molecule has 1 N–H and O–H groups in total. The van der Waals surface area contributed by atoms with E-state index in [-0.39, 0.29) is 6.42 Å². The lowest BCUT2D eigenvalue weighted by Gasteiger charge is -2.07. The molecule has 0 aliphatic rings. The molecule has 0 unspecified atom stereocenters. The number of aryl methyl sites for hydroxylation is 2. The van der Waals surface area contributed by atoms with Gasteiger partial charge in [-0.1, -0.05) is 0 Å². The molecule has 1 heterocycles.